The molecule has 4 heteroatoms. The number of imidazole rings is 1. The summed E-state index contributed by atoms with van der Waals surface area (Å²) in [4.78, 5) is 16.1. The lowest BCUT2D eigenvalue weighted by Crippen LogP contribution is -2.00. The first-order valence-corrected chi connectivity index (χ1v) is 6.55. The Morgan fingerprint density at radius 2 is 2.31 bits per heavy atom. The number of thioether (sulfide) groups is 1. The van der Waals surface area contributed by atoms with Crippen LogP contribution >= 0.6 is 11.8 Å². The number of nitrogens with zero attached hydrogens (tertiary/aromatic N) is 2. The van der Waals surface area contributed by atoms with Gasteiger partial charge in [0, 0.05) is 24.8 Å². The SMILES string of the molecule is CSCCC(=O)c1ccc2c(c1)ncn2C. The van der Waals surface area contributed by atoms with Gasteiger partial charge in [-0.1, -0.05) is 0 Å². The number of hydrogen-bond donors (Lipinski definition) is 0. The molecule has 0 unspecified atom stereocenters. The molecule has 0 saturated carbocycles. The molecule has 0 atom stereocenters. The number of Topliss-reactive ketones (excluding diaryl/α,β-unsaturated/α-hetero) is 1. The second kappa shape index (κ2) is 4.70. The van der Waals surface area contributed by atoms with Crippen molar-refractivity contribution >= 4 is 28.6 Å². The third-order valence-corrected chi connectivity index (χ3v) is 3.19. The topological polar surface area (TPSA) is 34.9 Å². The summed E-state index contributed by atoms with van der Waals surface area (Å²) in [5.74, 6) is 1.07. The molecule has 1 heterocycles. The number of hydrogen-bond acceptors (Lipinski definition) is 3. The van der Waals surface area contributed by atoms with Gasteiger partial charge in [-0.25, -0.2) is 4.98 Å². The van der Waals surface area contributed by atoms with Crippen molar-refractivity contribution < 1.29 is 4.79 Å². The Kier molecular flexibility index (Phi) is 3.29. The summed E-state index contributed by atoms with van der Waals surface area (Å²) in [6.45, 7) is 0. The Morgan fingerprint density at radius 1 is 1.50 bits per heavy atom. The molecule has 1 aromatic carbocycles. The second-order valence-corrected chi connectivity index (χ2v) is 4.71. The standard InChI is InChI=1S/C12H14N2OS/c1-14-8-13-10-7-9(3-4-11(10)14)12(15)5-6-16-2/h3-4,7-8H,5-6H2,1-2H3. The van der Waals surface area contributed by atoms with Gasteiger partial charge in [0.05, 0.1) is 17.4 Å². The zero-order valence-corrected chi connectivity index (χ0v) is 10.3. The molecular weight excluding hydrogens is 220 g/mol. The van der Waals surface area contributed by atoms with Gasteiger partial charge in [-0.3, -0.25) is 4.79 Å². The molecule has 16 heavy (non-hydrogen) atoms. The molecule has 0 amide bonds. The molecule has 3 nitrogen and oxygen atoms in total. The van der Waals surface area contributed by atoms with Gasteiger partial charge in [0.15, 0.2) is 5.78 Å². The number of aryl methyl sites for hydroxylation is 1. The van der Waals surface area contributed by atoms with Gasteiger partial charge in [0.2, 0.25) is 0 Å². The smallest absolute Gasteiger partial charge is 0.163 e. The Bertz CT molecular complexity index is 519. The van der Waals surface area contributed by atoms with Crippen LogP contribution in [0.1, 0.15) is 16.8 Å². The van der Waals surface area contributed by atoms with Crippen LogP contribution in [0, 0.1) is 0 Å². The number of ketones is 1. The Hall–Kier alpha value is -1.29. The number of rotatable bonds is 4. The lowest BCUT2D eigenvalue weighted by atomic mass is 10.1. The molecule has 84 valence electrons. The van der Waals surface area contributed by atoms with E-state index in [0.29, 0.717) is 6.42 Å². The van der Waals surface area contributed by atoms with Gasteiger partial charge in [-0.15, -0.1) is 0 Å². The number of carbonyl (C=O) groups excluding carboxylic acids is 1. The van der Waals surface area contributed by atoms with E-state index >= 15 is 0 Å². The van der Waals surface area contributed by atoms with Crippen molar-refractivity contribution in [3.8, 4) is 0 Å². The third-order valence-electron chi connectivity index (χ3n) is 2.58. The predicted molar refractivity (Wildman–Crippen MR) is 68.0 cm³/mol. The van der Waals surface area contributed by atoms with Crippen LogP contribution in [0.3, 0.4) is 0 Å². The maximum absolute atomic E-state index is 11.8. The monoisotopic (exact) mass is 234 g/mol. The minimum atomic E-state index is 0.196. The van der Waals surface area contributed by atoms with Gasteiger partial charge in [0.25, 0.3) is 0 Å². The molecule has 0 N–H and O–H groups in total. The lowest BCUT2D eigenvalue weighted by Gasteiger charge is -2.00. The van der Waals surface area contributed by atoms with Crippen LogP contribution in [0.4, 0.5) is 0 Å². The summed E-state index contributed by atoms with van der Waals surface area (Å²) < 4.78 is 1.95. The first-order valence-electron chi connectivity index (χ1n) is 5.15. The fourth-order valence-corrected chi connectivity index (χ4v) is 2.04. The van der Waals surface area contributed by atoms with E-state index in [2.05, 4.69) is 4.98 Å². The first-order chi connectivity index (χ1) is 7.72. The molecule has 0 radical (unpaired) electrons. The summed E-state index contributed by atoms with van der Waals surface area (Å²) in [7, 11) is 1.95. The summed E-state index contributed by atoms with van der Waals surface area (Å²) >= 11 is 1.69. The number of aromatic nitrogens is 2. The van der Waals surface area contributed by atoms with E-state index in [4.69, 9.17) is 0 Å². The van der Waals surface area contributed by atoms with Crippen LogP contribution in [0.25, 0.3) is 11.0 Å². The highest BCUT2D eigenvalue weighted by molar-refractivity contribution is 7.98. The van der Waals surface area contributed by atoms with Crippen LogP contribution in [0.15, 0.2) is 24.5 Å². The van der Waals surface area contributed by atoms with Crippen LogP contribution in [0.2, 0.25) is 0 Å². The van der Waals surface area contributed by atoms with Gasteiger partial charge < -0.3 is 4.57 Å². The van der Waals surface area contributed by atoms with Crippen molar-refractivity contribution in [2.24, 2.45) is 7.05 Å². The van der Waals surface area contributed by atoms with E-state index in [1.54, 1.807) is 18.1 Å². The number of fused-ring (bicyclic) bond motifs is 1. The highest BCUT2D eigenvalue weighted by atomic mass is 32.2. The van der Waals surface area contributed by atoms with Gasteiger partial charge in [0.1, 0.15) is 0 Å². The Labute approximate surface area is 98.9 Å². The van der Waals surface area contributed by atoms with Crippen molar-refractivity contribution in [3.63, 3.8) is 0 Å². The first kappa shape index (κ1) is 11.2. The largest absolute Gasteiger partial charge is 0.334 e. The molecule has 0 saturated heterocycles. The molecule has 1 aromatic heterocycles. The maximum Gasteiger partial charge on any atom is 0.163 e. The van der Waals surface area contributed by atoms with E-state index in [0.717, 1.165) is 22.3 Å². The fraction of sp³-hybridized carbons (Fsp3) is 0.333. The number of carbonyl (C=O) groups is 1. The van der Waals surface area contributed by atoms with Crippen molar-refractivity contribution in [1.82, 2.24) is 9.55 Å². The van der Waals surface area contributed by atoms with Gasteiger partial charge in [-0.2, -0.15) is 11.8 Å². The number of benzene rings is 1. The summed E-state index contributed by atoms with van der Waals surface area (Å²) in [5.41, 5.74) is 2.71. The summed E-state index contributed by atoms with van der Waals surface area (Å²) in [6, 6.07) is 5.71. The van der Waals surface area contributed by atoms with Crippen molar-refractivity contribution in [2.75, 3.05) is 12.0 Å². The van der Waals surface area contributed by atoms with E-state index in [1.807, 2.05) is 36.1 Å². The van der Waals surface area contributed by atoms with E-state index in [-0.39, 0.29) is 5.78 Å². The summed E-state index contributed by atoms with van der Waals surface area (Å²) in [5, 5.41) is 0. The molecule has 2 aromatic rings. The van der Waals surface area contributed by atoms with Crippen molar-refractivity contribution in [1.29, 1.82) is 0 Å². The van der Waals surface area contributed by atoms with Crippen LogP contribution in [-0.4, -0.2) is 27.3 Å². The van der Waals surface area contributed by atoms with Crippen LogP contribution in [0.5, 0.6) is 0 Å². The average Bonchev–Trinajstić information content (AvgIpc) is 2.67. The average molecular weight is 234 g/mol. The zero-order chi connectivity index (χ0) is 11.5. The highest BCUT2D eigenvalue weighted by Crippen LogP contribution is 2.15. The van der Waals surface area contributed by atoms with Crippen LogP contribution in [-0.2, 0) is 7.05 Å². The predicted octanol–water partition coefficient (Wildman–Crippen LogP) is 2.51. The molecule has 0 fully saturated rings. The van der Waals surface area contributed by atoms with Gasteiger partial charge >= 0.3 is 0 Å². The van der Waals surface area contributed by atoms with E-state index < -0.39 is 0 Å². The van der Waals surface area contributed by atoms with Crippen LogP contribution < -0.4 is 0 Å². The van der Waals surface area contributed by atoms with Gasteiger partial charge in [-0.05, 0) is 24.5 Å². The molecule has 0 spiro atoms. The second-order valence-electron chi connectivity index (χ2n) is 3.72. The molecule has 0 bridgehead atoms. The fourth-order valence-electron chi connectivity index (χ4n) is 1.65. The Balaban J connectivity index is 2.29. The normalized spacial score (nSPS) is 10.9. The van der Waals surface area contributed by atoms with E-state index in [9.17, 15) is 4.79 Å². The molecule has 0 aliphatic carbocycles. The minimum Gasteiger partial charge on any atom is -0.334 e. The van der Waals surface area contributed by atoms with Crippen molar-refractivity contribution in [2.45, 2.75) is 6.42 Å². The summed E-state index contributed by atoms with van der Waals surface area (Å²) in [6.07, 6.45) is 4.37. The highest BCUT2D eigenvalue weighted by Gasteiger charge is 2.07. The quantitative estimate of drug-likeness (QED) is 0.762. The molecular formula is C12H14N2OS. The maximum atomic E-state index is 11.8. The molecule has 2 rings (SSSR count). The van der Waals surface area contributed by atoms with E-state index in [1.165, 1.54) is 0 Å². The Morgan fingerprint density at radius 3 is 3.06 bits per heavy atom. The molecule has 0 aliphatic rings. The third kappa shape index (κ3) is 2.11. The lowest BCUT2D eigenvalue weighted by molar-refractivity contribution is 0.0989. The van der Waals surface area contributed by atoms with Crippen molar-refractivity contribution in [3.05, 3.63) is 30.1 Å². The minimum absolute atomic E-state index is 0.196. The zero-order valence-electron chi connectivity index (χ0n) is 9.43. The molecule has 0 aliphatic heterocycles.